The van der Waals surface area contributed by atoms with E-state index in [4.69, 9.17) is 0 Å². The van der Waals surface area contributed by atoms with Gasteiger partial charge in [-0.15, -0.1) is 6.58 Å². The Morgan fingerprint density at radius 1 is 1.21 bits per heavy atom. The predicted molar refractivity (Wildman–Crippen MR) is 123 cm³/mol. The van der Waals surface area contributed by atoms with Crippen LogP contribution in [0.25, 0.3) is 0 Å². The zero-order chi connectivity index (χ0) is 20.9. The molecule has 0 spiro atoms. The molecule has 0 aromatic carbocycles. The molecule has 11 atom stereocenters. The van der Waals surface area contributed by atoms with Crippen molar-refractivity contribution in [2.45, 2.75) is 92.1 Å². The maximum absolute atomic E-state index is 10.2. The first-order valence-corrected chi connectivity index (χ1v) is 12.8. The normalized spacial score (nSPS) is 47.2. The summed E-state index contributed by atoms with van der Waals surface area (Å²) in [6, 6.07) is 0. The Hall–Kier alpha value is -0.560. The highest BCUT2D eigenvalue weighted by molar-refractivity contribution is 5.25. The largest absolute Gasteiger partial charge is 0.393 e. The van der Waals surface area contributed by atoms with Gasteiger partial charge in [-0.2, -0.15) is 0 Å². The zero-order valence-electron chi connectivity index (χ0n) is 19.7. The van der Waals surface area contributed by atoms with Gasteiger partial charge in [0.05, 0.1) is 6.10 Å². The van der Waals surface area contributed by atoms with Crippen molar-refractivity contribution >= 4 is 0 Å². The first-order valence-electron chi connectivity index (χ1n) is 12.8. The Kier molecular flexibility index (Phi) is 6.11. The van der Waals surface area contributed by atoms with Gasteiger partial charge in [-0.1, -0.05) is 52.3 Å². The number of hydrogen-bond donors (Lipinski definition) is 1. The van der Waals surface area contributed by atoms with Gasteiger partial charge in [0, 0.05) is 0 Å². The highest BCUT2D eigenvalue weighted by Gasteiger charge is 2.56. The molecule has 0 radical (unpaired) electrons. The maximum atomic E-state index is 10.2. The van der Waals surface area contributed by atoms with Gasteiger partial charge in [-0.05, 0) is 110 Å². The summed E-state index contributed by atoms with van der Waals surface area (Å²) in [6.45, 7) is 16.5. The minimum Gasteiger partial charge on any atom is -0.393 e. The van der Waals surface area contributed by atoms with Crippen molar-refractivity contribution in [2.75, 3.05) is 0 Å². The van der Waals surface area contributed by atoms with Crippen LogP contribution < -0.4 is 0 Å². The van der Waals surface area contributed by atoms with Crippen molar-refractivity contribution < 1.29 is 5.11 Å². The zero-order valence-corrected chi connectivity index (χ0v) is 19.7. The van der Waals surface area contributed by atoms with Gasteiger partial charge in [0.2, 0.25) is 0 Å². The van der Waals surface area contributed by atoms with Crippen LogP contribution in [-0.4, -0.2) is 11.2 Å². The number of hydrogen-bond acceptors (Lipinski definition) is 1. The average molecular weight is 399 g/mol. The number of aliphatic hydroxyl groups is 1. The molecule has 4 aliphatic rings. The first-order chi connectivity index (χ1) is 13.8. The second-order valence-electron chi connectivity index (χ2n) is 12.0. The lowest BCUT2D eigenvalue weighted by Crippen LogP contribution is -2.50. The van der Waals surface area contributed by atoms with Crippen LogP contribution in [0.1, 0.15) is 86.0 Å². The van der Waals surface area contributed by atoms with Crippen molar-refractivity contribution in [3.8, 4) is 0 Å². The van der Waals surface area contributed by atoms with Gasteiger partial charge < -0.3 is 5.11 Å². The third-order valence-corrected chi connectivity index (χ3v) is 10.6. The van der Waals surface area contributed by atoms with Crippen molar-refractivity contribution in [1.29, 1.82) is 0 Å². The first kappa shape index (κ1) is 21.7. The van der Waals surface area contributed by atoms with E-state index >= 15 is 0 Å². The van der Waals surface area contributed by atoms with Crippen molar-refractivity contribution in [3.05, 3.63) is 24.3 Å². The van der Waals surface area contributed by atoms with E-state index in [1.807, 2.05) is 0 Å². The quantitative estimate of drug-likeness (QED) is 0.483. The number of fused-ring (bicyclic) bond motifs is 5. The van der Waals surface area contributed by atoms with Crippen LogP contribution in [0.4, 0.5) is 0 Å². The van der Waals surface area contributed by atoms with Gasteiger partial charge in [0.1, 0.15) is 0 Å². The molecule has 0 aromatic heterocycles. The lowest BCUT2D eigenvalue weighted by atomic mass is 9.48. The van der Waals surface area contributed by atoms with E-state index < -0.39 is 0 Å². The van der Waals surface area contributed by atoms with E-state index in [1.54, 1.807) is 5.57 Å². The minimum absolute atomic E-state index is 0.0868. The van der Waals surface area contributed by atoms with Crippen LogP contribution in [0.5, 0.6) is 0 Å². The third kappa shape index (κ3) is 3.68. The van der Waals surface area contributed by atoms with Crippen LogP contribution >= 0.6 is 0 Å². The van der Waals surface area contributed by atoms with Crippen LogP contribution in [-0.2, 0) is 0 Å². The van der Waals surface area contributed by atoms with Crippen LogP contribution in [0.2, 0.25) is 0 Å². The molecule has 0 bridgehead atoms. The van der Waals surface area contributed by atoms with Crippen molar-refractivity contribution in [3.63, 3.8) is 0 Å². The maximum Gasteiger partial charge on any atom is 0.0577 e. The summed E-state index contributed by atoms with van der Waals surface area (Å²) < 4.78 is 0. The Morgan fingerprint density at radius 2 is 1.97 bits per heavy atom. The number of aliphatic hydroxyl groups excluding tert-OH is 1. The highest BCUT2D eigenvalue weighted by atomic mass is 16.3. The van der Waals surface area contributed by atoms with Gasteiger partial charge in [-0.25, -0.2) is 0 Å². The minimum atomic E-state index is -0.0868. The lowest BCUT2D eigenvalue weighted by molar-refractivity contribution is -0.0413. The summed E-state index contributed by atoms with van der Waals surface area (Å²) in [4.78, 5) is 0. The molecular weight excluding hydrogens is 352 g/mol. The number of rotatable bonds is 5. The molecule has 0 aliphatic heterocycles. The topological polar surface area (TPSA) is 20.2 Å². The van der Waals surface area contributed by atoms with Crippen molar-refractivity contribution in [2.24, 2.45) is 58.7 Å². The molecule has 1 nitrogen and oxygen atoms in total. The molecule has 0 aromatic rings. The Morgan fingerprint density at radius 3 is 2.69 bits per heavy atom. The Bertz CT molecular complexity index is 634. The molecule has 0 unspecified atom stereocenters. The Labute approximate surface area is 180 Å². The fourth-order valence-corrected chi connectivity index (χ4v) is 8.64. The number of allylic oxidation sites excluding steroid dienone is 2. The fraction of sp³-hybridized carbons (Fsp3) is 0.857. The summed E-state index contributed by atoms with van der Waals surface area (Å²) in [7, 11) is 0. The molecule has 0 amide bonds. The monoisotopic (exact) mass is 398 g/mol. The molecule has 164 valence electrons. The molecule has 0 saturated heterocycles. The molecule has 1 N–H and O–H groups in total. The highest BCUT2D eigenvalue weighted by Crippen LogP contribution is 2.64. The molecular formula is C28H46O. The molecule has 29 heavy (non-hydrogen) atoms. The van der Waals surface area contributed by atoms with E-state index in [1.165, 1.54) is 38.5 Å². The van der Waals surface area contributed by atoms with Gasteiger partial charge in [0.15, 0.2) is 0 Å². The van der Waals surface area contributed by atoms with Crippen LogP contribution in [0.15, 0.2) is 24.3 Å². The van der Waals surface area contributed by atoms with Gasteiger partial charge >= 0.3 is 0 Å². The van der Waals surface area contributed by atoms with Crippen molar-refractivity contribution in [1.82, 2.24) is 0 Å². The second kappa shape index (κ2) is 8.18. The van der Waals surface area contributed by atoms with E-state index in [-0.39, 0.29) is 6.10 Å². The molecule has 3 saturated carbocycles. The summed E-state index contributed by atoms with van der Waals surface area (Å²) >= 11 is 0. The standard InChI is InChI=1S/C28H46O/c1-7-17(2)18(3)14-19(4)23-10-11-25-24-9-8-21-16-22(29)12-13-28(21,6)26(24)15-20(5)27(23)25/h7-8,17-20,22-27,29H,1,9-16H2,2-6H3/t17-,18+,19+,20+,22-,23+,24-,25-,26-,27-,28-/m0/s1. The summed E-state index contributed by atoms with van der Waals surface area (Å²) in [5, 5.41) is 10.2. The lowest BCUT2D eigenvalue weighted by Gasteiger charge is -2.57. The van der Waals surface area contributed by atoms with Gasteiger partial charge in [0.25, 0.3) is 0 Å². The molecule has 4 rings (SSSR count). The van der Waals surface area contributed by atoms with E-state index in [0.29, 0.717) is 11.3 Å². The van der Waals surface area contributed by atoms with E-state index in [2.05, 4.69) is 53.3 Å². The van der Waals surface area contributed by atoms with E-state index in [9.17, 15) is 5.11 Å². The SMILES string of the molecule is C=C[C@H](C)[C@H](C)C[C@@H](C)[C@H]1CC[C@H]2[C@@H]3CC=C4C[C@@H](O)CC[C@]4(C)[C@H]3C[C@@H](C)[C@H]21. The van der Waals surface area contributed by atoms with Crippen LogP contribution in [0.3, 0.4) is 0 Å². The third-order valence-electron chi connectivity index (χ3n) is 10.6. The summed E-state index contributed by atoms with van der Waals surface area (Å²) in [6.07, 6.45) is 14.8. The van der Waals surface area contributed by atoms with Crippen LogP contribution in [0, 0.1) is 58.7 Å². The molecule has 4 aliphatic carbocycles. The second-order valence-corrected chi connectivity index (χ2v) is 12.0. The van der Waals surface area contributed by atoms with Gasteiger partial charge in [-0.3, -0.25) is 0 Å². The average Bonchev–Trinajstić information content (AvgIpc) is 3.14. The molecule has 1 heteroatoms. The molecule has 0 heterocycles. The predicted octanol–water partition coefficient (Wildman–Crippen LogP) is 7.27. The fourth-order valence-electron chi connectivity index (χ4n) is 8.64. The van der Waals surface area contributed by atoms with E-state index in [0.717, 1.165) is 60.2 Å². The smallest absolute Gasteiger partial charge is 0.0577 e. The Balaban J connectivity index is 1.51. The summed E-state index contributed by atoms with van der Waals surface area (Å²) in [5.41, 5.74) is 1.98. The summed E-state index contributed by atoms with van der Waals surface area (Å²) in [5.74, 6) is 7.69. The molecule has 3 fully saturated rings.